The summed E-state index contributed by atoms with van der Waals surface area (Å²) >= 11 is 3.42. The highest BCUT2D eigenvalue weighted by Gasteiger charge is 2.24. The standard InChI is InChI=1S/C17H15BrN4O/c1-11-7-16-19-9-13-10-21(6-5-15(13)22(16)20-11)17(23)12-3-2-4-14(18)8-12/h2-4,7-9H,5-6,10H2,1H3. The summed E-state index contributed by atoms with van der Waals surface area (Å²) in [7, 11) is 0. The maximum atomic E-state index is 12.7. The van der Waals surface area contributed by atoms with Gasteiger partial charge in [-0.25, -0.2) is 9.50 Å². The van der Waals surface area contributed by atoms with Gasteiger partial charge in [0.25, 0.3) is 5.91 Å². The normalized spacial score (nSPS) is 14.1. The lowest BCUT2D eigenvalue weighted by Gasteiger charge is -2.28. The molecule has 0 N–H and O–H groups in total. The molecule has 1 aromatic carbocycles. The molecule has 5 nitrogen and oxygen atoms in total. The zero-order chi connectivity index (χ0) is 16.0. The maximum Gasteiger partial charge on any atom is 0.254 e. The molecule has 1 aliphatic rings. The molecule has 0 spiro atoms. The first-order valence-corrected chi connectivity index (χ1v) is 8.29. The Morgan fingerprint density at radius 1 is 1.30 bits per heavy atom. The van der Waals surface area contributed by atoms with E-state index in [0.29, 0.717) is 18.7 Å². The van der Waals surface area contributed by atoms with Crippen LogP contribution in [0.2, 0.25) is 0 Å². The number of rotatable bonds is 1. The van der Waals surface area contributed by atoms with Gasteiger partial charge < -0.3 is 4.90 Å². The van der Waals surface area contributed by atoms with Crippen LogP contribution in [0.1, 0.15) is 27.3 Å². The van der Waals surface area contributed by atoms with Crippen molar-refractivity contribution >= 4 is 27.5 Å². The van der Waals surface area contributed by atoms with E-state index in [0.717, 1.165) is 33.5 Å². The average Bonchev–Trinajstić information content (AvgIpc) is 2.94. The van der Waals surface area contributed by atoms with Gasteiger partial charge in [0, 0.05) is 47.4 Å². The van der Waals surface area contributed by atoms with Gasteiger partial charge in [0.2, 0.25) is 0 Å². The monoisotopic (exact) mass is 370 g/mol. The predicted molar refractivity (Wildman–Crippen MR) is 90.3 cm³/mol. The third kappa shape index (κ3) is 2.53. The number of carbonyl (C=O) groups is 1. The number of halogens is 1. The van der Waals surface area contributed by atoms with Crippen molar-refractivity contribution in [3.8, 4) is 0 Å². The molecule has 23 heavy (non-hydrogen) atoms. The van der Waals surface area contributed by atoms with E-state index in [1.54, 1.807) is 0 Å². The first-order valence-electron chi connectivity index (χ1n) is 7.50. The minimum absolute atomic E-state index is 0.0497. The van der Waals surface area contributed by atoms with Crippen molar-refractivity contribution in [1.82, 2.24) is 19.5 Å². The number of aryl methyl sites for hydroxylation is 1. The van der Waals surface area contributed by atoms with Gasteiger partial charge in [0.15, 0.2) is 5.65 Å². The fourth-order valence-electron chi connectivity index (χ4n) is 3.03. The van der Waals surface area contributed by atoms with Gasteiger partial charge in [0.1, 0.15) is 0 Å². The second-order valence-corrected chi connectivity index (χ2v) is 6.69. The minimum atomic E-state index is 0.0497. The SMILES string of the molecule is Cc1cc2ncc3c(n2n1)CCN(C(=O)c1cccc(Br)c1)C3. The van der Waals surface area contributed by atoms with Gasteiger partial charge in [0.05, 0.1) is 11.4 Å². The Morgan fingerprint density at radius 3 is 3.00 bits per heavy atom. The molecule has 4 rings (SSSR count). The van der Waals surface area contributed by atoms with Crippen molar-refractivity contribution in [2.45, 2.75) is 19.9 Å². The Morgan fingerprint density at radius 2 is 2.17 bits per heavy atom. The van der Waals surface area contributed by atoms with Crippen LogP contribution in [-0.4, -0.2) is 31.9 Å². The third-order valence-electron chi connectivity index (χ3n) is 4.13. The number of aromatic nitrogens is 3. The van der Waals surface area contributed by atoms with Crippen molar-refractivity contribution < 1.29 is 4.79 Å². The molecule has 0 fully saturated rings. The number of hydrogen-bond donors (Lipinski definition) is 0. The molecule has 0 saturated heterocycles. The van der Waals surface area contributed by atoms with E-state index in [1.165, 1.54) is 0 Å². The highest BCUT2D eigenvalue weighted by atomic mass is 79.9. The molecule has 0 saturated carbocycles. The number of fused-ring (bicyclic) bond motifs is 3. The summed E-state index contributed by atoms with van der Waals surface area (Å²) in [6.07, 6.45) is 2.65. The lowest BCUT2D eigenvalue weighted by atomic mass is 10.1. The zero-order valence-electron chi connectivity index (χ0n) is 12.7. The summed E-state index contributed by atoms with van der Waals surface area (Å²) in [6, 6.07) is 9.48. The molecule has 0 bridgehead atoms. The van der Waals surface area contributed by atoms with Crippen LogP contribution in [0.3, 0.4) is 0 Å². The van der Waals surface area contributed by atoms with E-state index in [2.05, 4.69) is 26.0 Å². The minimum Gasteiger partial charge on any atom is -0.334 e. The molecule has 0 aliphatic carbocycles. The Kier molecular flexibility index (Phi) is 3.41. The van der Waals surface area contributed by atoms with Gasteiger partial charge in [-0.1, -0.05) is 22.0 Å². The maximum absolute atomic E-state index is 12.7. The molecular formula is C17H15BrN4O. The van der Waals surface area contributed by atoms with E-state index >= 15 is 0 Å². The summed E-state index contributed by atoms with van der Waals surface area (Å²) in [5, 5.41) is 4.51. The van der Waals surface area contributed by atoms with E-state index in [1.807, 2.05) is 52.9 Å². The first kappa shape index (κ1) is 14.4. The topological polar surface area (TPSA) is 50.5 Å². The van der Waals surface area contributed by atoms with Crippen LogP contribution in [0.5, 0.6) is 0 Å². The number of nitrogens with zero attached hydrogens (tertiary/aromatic N) is 4. The highest BCUT2D eigenvalue weighted by Crippen LogP contribution is 2.22. The predicted octanol–water partition coefficient (Wildman–Crippen LogP) is 3.00. The first-order chi connectivity index (χ1) is 11.1. The molecule has 1 aliphatic heterocycles. The van der Waals surface area contributed by atoms with E-state index in [9.17, 15) is 4.79 Å². The Hall–Kier alpha value is -2.21. The van der Waals surface area contributed by atoms with Crippen LogP contribution in [-0.2, 0) is 13.0 Å². The van der Waals surface area contributed by atoms with Crippen LogP contribution in [0.4, 0.5) is 0 Å². The fourth-order valence-corrected chi connectivity index (χ4v) is 3.43. The van der Waals surface area contributed by atoms with Crippen LogP contribution < -0.4 is 0 Å². The van der Waals surface area contributed by atoms with E-state index in [-0.39, 0.29) is 5.91 Å². The molecule has 116 valence electrons. The van der Waals surface area contributed by atoms with Gasteiger partial charge in [-0.05, 0) is 25.1 Å². The van der Waals surface area contributed by atoms with Crippen LogP contribution in [0, 0.1) is 6.92 Å². The number of hydrogen-bond acceptors (Lipinski definition) is 3. The highest BCUT2D eigenvalue weighted by molar-refractivity contribution is 9.10. The zero-order valence-corrected chi connectivity index (χ0v) is 14.2. The molecule has 0 radical (unpaired) electrons. The number of benzene rings is 1. The number of carbonyl (C=O) groups excluding carboxylic acids is 1. The van der Waals surface area contributed by atoms with Crippen molar-refractivity contribution in [1.29, 1.82) is 0 Å². The summed E-state index contributed by atoms with van der Waals surface area (Å²) in [5.41, 5.74) is 4.75. The Labute approximate surface area is 142 Å². The molecule has 6 heteroatoms. The van der Waals surface area contributed by atoms with Gasteiger partial charge in [-0.2, -0.15) is 5.10 Å². The van der Waals surface area contributed by atoms with Crippen LogP contribution in [0.25, 0.3) is 5.65 Å². The van der Waals surface area contributed by atoms with Crippen LogP contribution >= 0.6 is 15.9 Å². The van der Waals surface area contributed by atoms with E-state index in [4.69, 9.17) is 0 Å². The van der Waals surface area contributed by atoms with Gasteiger partial charge >= 0.3 is 0 Å². The third-order valence-corrected chi connectivity index (χ3v) is 4.62. The van der Waals surface area contributed by atoms with Gasteiger partial charge in [-0.15, -0.1) is 0 Å². The molecule has 2 aromatic heterocycles. The Bertz CT molecular complexity index is 918. The molecule has 3 heterocycles. The molecular weight excluding hydrogens is 356 g/mol. The van der Waals surface area contributed by atoms with Crippen molar-refractivity contribution in [3.63, 3.8) is 0 Å². The number of amides is 1. The lowest BCUT2D eigenvalue weighted by Crippen LogP contribution is -2.37. The van der Waals surface area contributed by atoms with Crippen molar-refractivity contribution in [2.24, 2.45) is 0 Å². The summed E-state index contributed by atoms with van der Waals surface area (Å²) < 4.78 is 2.82. The smallest absolute Gasteiger partial charge is 0.254 e. The van der Waals surface area contributed by atoms with Crippen LogP contribution in [0.15, 0.2) is 41.0 Å². The summed E-state index contributed by atoms with van der Waals surface area (Å²) in [6.45, 7) is 3.23. The average molecular weight is 371 g/mol. The summed E-state index contributed by atoms with van der Waals surface area (Å²) in [4.78, 5) is 19.0. The lowest BCUT2D eigenvalue weighted by molar-refractivity contribution is 0.0732. The summed E-state index contributed by atoms with van der Waals surface area (Å²) in [5.74, 6) is 0.0497. The molecule has 0 unspecified atom stereocenters. The van der Waals surface area contributed by atoms with E-state index < -0.39 is 0 Å². The van der Waals surface area contributed by atoms with Crippen molar-refractivity contribution in [3.05, 3.63) is 63.5 Å². The quantitative estimate of drug-likeness (QED) is 0.661. The second kappa shape index (κ2) is 5.45. The molecule has 1 amide bonds. The largest absolute Gasteiger partial charge is 0.334 e. The second-order valence-electron chi connectivity index (χ2n) is 5.77. The fraction of sp³-hybridized carbons (Fsp3) is 0.235. The van der Waals surface area contributed by atoms with Crippen molar-refractivity contribution in [2.75, 3.05) is 6.54 Å². The molecule has 0 atom stereocenters. The Balaban J connectivity index is 1.66. The van der Waals surface area contributed by atoms with Gasteiger partial charge in [-0.3, -0.25) is 4.79 Å². The molecule has 3 aromatic rings.